The van der Waals surface area contributed by atoms with Crippen molar-refractivity contribution in [2.45, 2.75) is 12.5 Å². The van der Waals surface area contributed by atoms with Gasteiger partial charge in [0.1, 0.15) is 0 Å². The maximum Gasteiger partial charge on any atom is 0.361 e. The number of methoxy groups -OCH3 is 1. The van der Waals surface area contributed by atoms with E-state index in [4.69, 9.17) is 9.84 Å². The molecule has 1 N–H and O–H groups in total. The number of rotatable bonds is 5. The first-order valence-electron chi connectivity index (χ1n) is 5.07. The number of para-hydroxylation sites is 2. The quantitative estimate of drug-likeness (QED) is 0.366. The Morgan fingerprint density at radius 1 is 1.37 bits per heavy atom. The van der Waals surface area contributed by atoms with Crippen molar-refractivity contribution < 1.29 is 29.1 Å². The minimum atomic E-state index is -2.36. The number of carbonyl (C=O) groups excluding carboxylic acids is 1. The predicted molar refractivity (Wildman–Crippen MR) is 61.8 cm³/mol. The molecule has 19 heavy (non-hydrogen) atoms. The fraction of sp³-hybridized carbons (Fsp3) is 0.273. The van der Waals surface area contributed by atoms with E-state index in [1.165, 1.54) is 18.2 Å². The van der Waals surface area contributed by atoms with E-state index < -0.39 is 28.2 Å². The number of benzene rings is 1. The molecule has 1 aromatic carbocycles. The Morgan fingerprint density at radius 3 is 2.42 bits per heavy atom. The Morgan fingerprint density at radius 2 is 1.95 bits per heavy atom. The molecule has 0 saturated heterocycles. The molecule has 1 unspecified atom stereocenters. The summed E-state index contributed by atoms with van der Waals surface area (Å²) in [5.41, 5.74) is -2.81. The molecule has 0 aliphatic carbocycles. The zero-order chi connectivity index (χ0) is 14.6. The summed E-state index contributed by atoms with van der Waals surface area (Å²) in [4.78, 5) is 32.6. The highest BCUT2D eigenvalue weighted by Crippen LogP contribution is 2.30. The Labute approximate surface area is 107 Å². The zero-order valence-electron chi connectivity index (χ0n) is 10.2. The van der Waals surface area contributed by atoms with Gasteiger partial charge in [0.05, 0.1) is 12.0 Å². The SMILES string of the molecule is COC(=O)C(C)(Oc1ccccc1[N+](=O)[O-])C(=O)O. The van der Waals surface area contributed by atoms with Gasteiger partial charge >= 0.3 is 17.6 Å². The van der Waals surface area contributed by atoms with Crippen LogP contribution < -0.4 is 4.74 Å². The van der Waals surface area contributed by atoms with E-state index in [1.807, 2.05) is 0 Å². The molecule has 1 aromatic rings. The van der Waals surface area contributed by atoms with E-state index in [0.717, 1.165) is 20.1 Å². The highest BCUT2D eigenvalue weighted by Gasteiger charge is 2.46. The third-order valence-electron chi connectivity index (χ3n) is 2.36. The third-order valence-corrected chi connectivity index (χ3v) is 2.36. The first-order chi connectivity index (χ1) is 8.82. The summed E-state index contributed by atoms with van der Waals surface area (Å²) in [6.45, 7) is 0.956. The summed E-state index contributed by atoms with van der Waals surface area (Å²) in [6.07, 6.45) is 0. The van der Waals surface area contributed by atoms with Crippen LogP contribution in [-0.2, 0) is 14.3 Å². The lowest BCUT2D eigenvalue weighted by Crippen LogP contribution is -2.49. The number of hydrogen-bond donors (Lipinski definition) is 1. The van der Waals surface area contributed by atoms with Crippen molar-refractivity contribution >= 4 is 17.6 Å². The molecule has 102 valence electrons. The predicted octanol–water partition coefficient (Wildman–Crippen LogP) is 0.990. The van der Waals surface area contributed by atoms with Gasteiger partial charge in [-0.1, -0.05) is 12.1 Å². The number of nitro benzene ring substituents is 1. The molecule has 0 aromatic heterocycles. The summed E-state index contributed by atoms with van der Waals surface area (Å²) in [5.74, 6) is -3.11. The van der Waals surface area contributed by atoms with Crippen LogP contribution in [0.4, 0.5) is 5.69 Å². The molecular weight excluding hydrogens is 258 g/mol. The van der Waals surface area contributed by atoms with Crippen LogP contribution in [0.1, 0.15) is 6.92 Å². The first kappa shape index (κ1) is 14.4. The molecule has 8 heteroatoms. The second-order valence-electron chi connectivity index (χ2n) is 3.66. The summed E-state index contributed by atoms with van der Waals surface area (Å²) in [7, 11) is 0.992. The van der Waals surface area contributed by atoms with Crippen molar-refractivity contribution in [2.75, 3.05) is 7.11 Å². The van der Waals surface area contributed by atoms with Gasteiger partial charge in [-0.25, -0.2) is 9.59 Å². The average Bonchev–Trinajstić information content (AvgIpc) is 2.37. The zero-order valence-corrected chi connectivity index (χ0v) is 10.2. The number of aliphatic carboxylic acids is 1. The van der Waals surface area contributed by atoms with Crippen LogP contribution in [-0.4, -0.2) is 34.7 Å². The van der Waals surface area contributed by atoms with Crippen molar-refractivity contribution in [3.63, 3.8) is 0 Å². The van der Waals surface area contributed by atoms with Gasteiger partial charge in [-0.15, -0.1) is 0 Å². The number of nitro groups is 1. The maximum absolute atomic E-state index is 11.5. The van der Waals surface area contributed by atoms with Crippen LogP contribution in [0.25, 0.3) is 0 Å². The maximum atomic E-state index is 11.5. The van der Waals surface area contributed by atoms with Crippen LogP contribution in [0.3, 0.4) is 0 Å². The van der Waals surface area contributed by atoms with E-state index in [9.17, 15) is 19.7 Å². The highest BCUT2D eigenvalue weighted by molar-refractivity contribution is 6.02. The van der Waals surface area contributed by atoms with Crippen LogP contribution in [0.2, 0.25) is 0 Å². The van der Waals surface area contributed by atoms with Gasteiger partial charge in [-0.2, -0.15) is 0 Å². The smallest absolute Gasteiger partial charge is 0.361 e. The average molecular weight is 269 g/mol. The Kier molecular flexibility index (Phi) is 4.05. The molecule has 0 fully saturated rings. The number of nitrogens with zero attached hydrogens (tertiary/aromatic N) is 1. The van der Waals surface area contributed by atoms with E-state index in [1.54, 1.807) is 0 Å². The molecular formula is C11H11NO7. The van der Waals surface area contributed by atoms with Gasteiger partial charge in [-0.05, 0) is 13.0 Å². The van der Waals surface area contributed by atoms with E-state index in [2.05, 4.69) is 4.74 Å². The fourth-order valence-electron chi connectivity index (χ4n) is 1.28. The first-order valence-corrected chi connectivity index (χ1v) is 5.07. The van der Waals surface area contributed by atoms with E-state index in [0.29, 0.717) is 0 Å². The molecule has 1 atom stereocenters. The van der Waals surface area contributed by atoms with Gasteiger partial charge < -0.3 is 14.6 Å². The minimum absolute atomic E-state index is 0.331. The molecule has 1 rings (SSSR count). The highest BCUT2D eigenvalue weighted by atomic mass is 16.6. The number of esters is 1. The Bertz CT molecular complexity index is 528. The molecule has 0 heterocycles. The normalized spacial score (nSPS) is 13.2. The van der Waals surface area contributed by atoms with Crippen molar-refractivity contribution in [1.82, 2.24) is 0 Å². The van der Waals surface area contributed by atoms with Crippen molar-refractivity contribution in [2.24, 2.45) is 0 Å². The Hall–Kier alpha value is -2.64. The van der Waals surface area contributed by atoms with Crippen molar-refractivity contribution in [1.29, 1.82) is 0 Å². The molecule has 0 amide bonds. The molecule has 0 aliphatic rings. The largest absolute Gasteiger partial charge is 0.478 e. The van der Waals surface area contributed by atoms with Crippen LogP contribution in [0, 0.1) is 10.1 Å². The molecule has 0 bridgehead atoms. The standard InChI is InChI=1S/C11H11NO7/c1-11(9(13)14,10(15)18-2)19-8-6-4-3-5-7(8)12(16)17/h3-6H,1-2H3,(H,13,14). The van der Waals surface area contributed by atoms with Crippen LogP contribution in [0.15, 0.2) is 24.3 Å². The molecule has 0 spiro atoms. The summed E-state index contributed by atoms with van der Waals surface area (Å²) < 4.78 is 9.33. The number of carboxylic acids is 1. The monoisotopic (exact) mass is 269 g/mol. The van der Waals surface area contributed by atoms with Gasteiger partial charge in [0.25, 0.3) is 5.60 Å². The number of hydrogen-bond acceptors (Lipinski definition) is 6. The Balaban J connectivity index is 3.22. The second-order valence-corrected chi connectivity index (χ2v) is 3.66. The molecule has 0 radical (unpaired) electrons. The van der Waals surface area contributed by atoms with Gasteiger partial charge in [0.2, 0.25) is 0 Å². The van der Waals surface area contributed by atoms with E-state index in [-0.39, 0.29) is 5.75 Å². The fourth-order valence-corrected chi connectivity index (χ4v) is 1.28. The van der Waals surface area contributed by atoms with Crippen LogP contribution >= 0.6 is 0 Å². The minimum Gasteiger partial charge on any atom is -0.478 e. The summed E-state index contributed by atoms with van der Waals surface area (Å²) in [5, 5.41) is 19.8. The number of carbonyl (C=O) groups is 2. The van der Waals surface area contributed by atoms with Crippen molar-refractivity contribution in [3.05, 3.63) is 34.4 Å². The lowest BCUT2D eigenvalue weighted by atomic mass is 10.1. The van der Waals surface area contributed by atoms with Crippen molar-refractivity contribution in [3.8, 4) is 5.75 Å². The number of ether oxygens (including phenoxy) is 2. The van der Waals surface area contributed by atoms with Gasteiger partial charge in [0.15, 0.2) is 5.75 Å². The topological polar surface area (TPSA) is 116 Å². The summed E-state index contributed by atoms with van der Waals surface area (Å²) in [6, 6.07) is 5.14. The lowest BCUT2D eigenvalue weighted by Gasteiger charge is -2.22. The van der Waals surface area contributed by atoms with Crippen LogP contribution in [0.5, 0.6) is 5.75 Å². The van der Waals surface area contributed by atoms with E-state index >= 15 is 0 Å². The number of carboxylic acid groups (broad SMARTS) is 1. The van der Waals surface area contributed by atoms with Gasteiger partial charge in [0, 0.05) is 6.07 Å². The molecule has 0 saturated carbocycles. The lowest BCUT2D eigenvalue weighted by molar-refractivity contribution is -0.386. The third kappa shape index (κ3) is 2.79. The molecule has 8 nitrogen and oxygen atoms in total. The summed E-state index contributed by atoms with van der Waals surface area (Å²) >= 11 is 0. The second kappa shape index (κ2) is 5.34. The van der Waals surface area contributed by atoms with Gasteiger partial charge in [-0.3, -0.25) is 10.1 Å². The molecule has 0 aliphatic heterocycles.